The van der Waals surface area contributed by atoms with E-state index in [1.807, 2.05) is 25.1 Å². The second-order valence-electron chi connectivity index (χ2n) is 4.64. The van der Waals surface area contributed by atoms with E-state index in [9.17, 15) is 9.59 Å². The molecule has 1 amide bonds. The zero-order valence-corrected chi connectivity index (χ0v) is 11.9. The van der Waals surface area contributed by atoms with Crippen LogP contribution in [0.15, 0.2) is 48.8 Å². The first kappa shape index (κ1) is 14.7. The summed E-state index contributed by atoms with van der Waals surface area (Å²) in [6.45, 7) is 3.47. The molecule has 0 unspecified atom stereocenters. The van der Waals surface area contributed by atoms with Gasteiger partial charge in [0.2, 0.25) is 0 Å². The summed E-state index contributed by atoms with van der Waals surface area (Å²) < 4.78 is 5.12. The Labute approximate surface area is 123 Å². The monoisotopic (exact) mass is 284 g/mol. The molecule has 2 rings (SSSR count). The van der Waals surface area contributed by atoms with Crippen molar-refractivity contribution in [2.24, 2.45) is 0 Å². The molecule has 1 aromatic carbocycles. The van der Waals surface area contributed by atoms with Gasteiger partial charge in [-0.05, 0) is 43.7 Å². The molecule has 21 heavy (non-hydrogen) atoms. The number of carbonyl (C=O) groups excluding carboxylic acids is 2. The minimum atomic E-state index is -0.883. The number of amides is 1. The van der Waals surface area contributed by atoms with Gasteiger partial charge in [0.05, 0.1) is 5.56 Å². The molecule has 0 saturated heterocycles. The topological polar surface area (TPSA) is 68.3 Å². The van der Waals surface area contributed by atoms with Crippen LogP contribution in [-0.4, -0.2) is 23.0 Å². The van der Waals surface area contributed by atoms with Gasteiger partial charge in [-0.3, -0.25) is 9.78 Å². The molecule has 5 heteroatoms. The smallest absolute Gasteiger partial charge is 0.339 e. The maximum atomic E-state index is 12.0. The van der Waals surface area contributed by atoms with Crippen LogP contribution in [0.3, 0.4) is 0 Å². The van der Waals surface area contributed by atoms with Gasteiger partial charge < -0.3 is 10.1 Å². The number of carbonyl (C=O) groups is 2. The van der Waals surface area contributed by atoms with E-state index in [4.69, 9.17) is 4.74 Å². The van der Waals surface area contributed by atoms with E-state index < -0.39 is 12.1 Å². The minimum absolute atomic E-state index is 0.361. The molecular formula is C16H16N2O3. The first-order valence-corrected chi connectivity index (χ1v) is 6.55. The predicted octanol–water partition coefficient (Wildman–Crippen LogP) is 2.57. The number of esters is 1. The van der Waals surface area contributed by atoms with Crippen molar-refractivity contribution in [3.63, 3.8) is 0 Å². The van der Waals surface area contributed by atoms with Gasteiger partial charge in [-0.25, -0.2) is 4.79 Å². The Morgan fingerprint density at radius 3 is 2.57 bits per heavy atom. The van der Waals surface area contributed by atoms with Gasteiger partial charge in [-0.1, -0.05) is 12.1 Å². The summed E-state index contributed by atoms with van der Waals surface area (Å²) in [5.41, 5.74) is 2.07. The van der Waals surface area contributed by atoms with Crippen molar-refractivity contribution in [2.45, 2.75) is 20.0 Å². The molecule has 0 bridgehead atoms. The van der Waals surface area contributed by atoms with Gasteiger partial charge >= 0.3 is 5.97 Å². The number of nitrogens with zero attached hydrogens (tertiary/aromatic N) is 1. The number of aryl methyl sites for hydroxylation is 1. The molecule has 0 aliphatic heterocycles. The van der Waals surface area contributed by atoms with Crippen molar-refractivity contribution in [3.8, 4) is 0 Å². The van der Waals surface area contributed by atoms with E-state index in [0.29, 0.717) is 11.3 Å². The molecule has 5 nitrogen and oxygen atoms in total. The molecule has 1 N–H and O–H groups in total. The van der Waals surface area contributed by atoms with Gasteiger partial charge in [0.25, 0.3) is 5.91 Å². The molecule has 1 aromatic heterocycles. The largest absolute Gasteiger partial charge is 0.449 e. The molecule has 0 radical (unpaired) electrons. The van der Waals surface area contributed by atoms with E-state index in [1.54, 1.807) is 6.07 Å². The summed E-state index contributed by atoms with van der Waals surface area (Å²) in [5, 5.41) is 2.71. The van der Waals surface area contributed by atoms with Crippen LogP contribution in [0.25, 0.3) is 0 Å². The van der Waals surface area contributed by atoms with Crippen LogP contribution >= 0.6 is 0 Å². The molecule has 0 fully saturated rings. The second kappa shape index (κ2) is 6.65. The van der Waals surface area contributed by atoms with Crippen molar-refractivity contribution >= 4 is 17.6 Å². The van der Waals surface area contributed by atoms with Crippen molar-refractivity contribution in [1.82, 2.24) is 4.98 Å². The third-order valence-electron chi connectivity index (χ3n) is 2.85. The molecule has 0 spiro atoms. The summed E-state index contributed by atoms with van der Waals surface area (Å²) in [4.78, 5) is 27.6. The number of hydrogen-bond donors (Lipinski definition) is 1. The molecule has 0 saturated carbocycles. The molecule has 1 atom stereocenters. The number of hydrogen-bond acceptors (Lipinski definition) is 4. The molecule has 1 heterocycles. The summed E-state index contributed by atoms with van der Waals surface area (Å²) >= 11 is 0. The number of ether oxygens (including phenoxy) is 1. The second-order valence-corrected chi connectivity index (χ2v) is 4.64. The van der Waals surface area contributed by atoms with Crippen LogP contribution in [-0.2, 0) is 9.53 Å². The molecule has 2 aromatic rings. The van der Waals surface area contributed by atoms with Gasteiger partial charge in [-0.2, -0.15) is 0 Å². The Balaban J connectivity index is 1.95. The number of anilines is 1. The number of rotatable bonds is 4. The van der Waals surface area contributed by atoms with Gasteiger partial charge in [0.15, 0.2) is 6.10 Å². The van der Waals surface area contributed by atoms with Crippen molar-refractivity contribution < 1.29 is 14.3 Å². The average Bonchev–Trinajstić information content (AvgIpc) is 2.48. The maximum Gasteiger partial charge on any atom is 0.339 e. The van der Waals surface area contributed by atoms with E-state index >= 15 is 0 Å². The first-order valence-electron chi connectivity index (χ1n) is 6.55. The standard InChI is InChI=1S/C16H16N2O3/c1-11-4-3-5-14(10-11)18-15(19)12(2)21-16(20)13-6-8-17-9-7-13/h3-10,12H,1-2H3,(H,18,19)/t12-/m1/s1. The van der Waals surface area contributed by atoms with Crippen LogP contribution in [0.5, 0.6) is 0 Å². The first-order chi connectivity index (χ1) is 10.1. The summed E-state index contributed by atoms with van der Waals surface area (Å²) in [5.74, 6) is -0.924. The Morgan fingerprint density at radius 1 is 1.19 bits per heavy atom. The number of aromatic nitrogens is 1. The fraction of sp³-hybridized carbons (Fsp3) is 0.188. The van der Waals surface area contributed by atoms with Crippen molar-refractivity contribution in [1.29, 1.82) is 0 Å². The lowest BCUT2D eigenvalue weighted by Gasteiger charge is -2.13. The summed E-state index contributed by atoms with van der Waals surface area (Å²) in [7, 11) is 0. The van der Waals surface area contributed by atoms with Crippen molar-refractivity contribution in [3.05, 3.63) is 59.9 Å². The quantitative estimate of drug-likeness (QED) is 0.876. The van der Waals surface area contributed by atoms with E-state index in [1.165, 1.54) is 31.5 Å². The van der Waals surface area contributed by atoms with Gasteiger partial charge in [0.1, 0.15) is 0 Å². The third kappa shape index (κ3) is 4.14. The highest BCUT2D eigenvalue weighted by Gasteiger charge is 2.18. The van der Waals surface area contributed by atoms with Gasteiger partial charge in [0, 0.05) is 18.1 Å². The molecular weight excluding hydrogens is 268 g/mol. The van der Waals surface area contributed by atoms with Crippen LogP contribution in [0, 0.1) is 6.92 Å². The minimum Gasteiger partial charge on any atom is -0.449 e. The van der Waals surface area contributed by atoms with Gasteiger partial charge in [-0.15, -0.1) is 0 Å². The maximum absolute atomic E-state index is 12.0. The van der Waals surface area contributed by atoms with Crippen LogP contribution in [0.4, 0.5) is 5.69 Å². The van der Waals surface area contributed by atoms with E-state index in [0.717, 1.165) is 5.56 Å². The Morgan fingerprint density at radius 2 is 1.90 bits per heavy atom. The van der Waals surface area contributed by atoms with Crippen molar-refractivity contribution in [2.75, 3.05) is 5.32 Å². The summed E-state index contributed by atoms with van der Waals surface area (Å²) in [6.07, 6.45) is 2.11. The van der Waals surface area contributed by atoms with Crippen LogP contribution < -0.4 is 5.32 Å². The lowest BCUT2D eigenvalue weighted by Crippen LogP contribution is -2.30. The summed E-state index contributed by atoms with van der Waals surface area (Å²) in [6, 6.07) is 10.5. The highest BCUT2D eigenvalue weighted by atomic mass is 16.5. The number of pyridine rings is 1. The Bertz CT molecular complexity index is 641. The predicted molar refractivity (Wildman–Crippen MR) is 78.9 cm³/mol. The normalized spacial score (nSPS) is 11.5. The van der Waals surface area contributed by atoms with E-state index in [2.05, 4.69) is 10.3 Å². The zero-order valence-electron chi connectivity index (χ0n) is 11.9. The zero-order chi connectivity index (χ0) is 15.2. The SMILES string of the molecule is Cc1cccc(NC(=O)[C@@H](C)OC(=O)c2ccncc2)c1. The fourth-order valence-corrected chi connectivity index (χ4v) is 1.74. The number of nitrogens with one attached hydrogen (secondary N) is 1. The third-order valence-corrected chi connectivity index (χ3v) is 2.85. The molecule has 0 aliphatic carbocycles. The van der Waals surface area contributed by atoms with Crippen LogP contribution in [0.1, 0.15) is 22.8 Å². The Hall–Kier alpha value is -2.69. The lowest BCUT2D eigenvalue weighted by atomic mass is 10.2. The van der Waals surface area contributed by atoms with E-state index in [-0.39, 0.29) is 5.91 Å². The molecule has 108 valence electrons. The molecule has 0 aliphatic rings. The fourth-order valence-electron chi connectivity index (χ4n) is 1.74. The highest BCUT2D eigenvalue weighted by Crippen LogP contribution is 2.11. The number of benzene rings is 1. The van der Waals surface area contributed by atoms with Crippen LogP contribution in [0.2, 0.25) is 0 Å². The highest BCUT2D eigenvalue weighted by molar-refractivity contribution is 5.97. The average molecular weight is 284 g/mol. The Kier molecular flexibility index (Phi) is 4.66. The lowest BCUT2D eigenvalue weighted by molar-refractivity contribution is -0.123.